The summed E-state index contributed by atoms with van der Waals surface area (Å²) in [4.78, 5) is 19.9. The second-order valence-corrected chi connectivity index (χ2v) is 8.16. The van der Waals surface area contributed by atoms with E-state index in [9.17, 15) is 9.18 Å². The van der Waals surface area contributed by atoms with Crippen molar-refractivity contribution in [1.82, 2.24) is 20.1 Å². The first-order chi connectivity index (χ1) is 13.0. The molecule has 1 N–H and O–H groups in total. The number of aromatic nitrogens is 3. The van der Waals surface area contributed by atoms with Gasteiger partial charge in [-0.25, -0.2) is 9.37 Å². The number of piperidine rings is 1. The van der Waals surface area contributed by atoms with Crippen LogP contribution >= 0.6 is 11.3 Å². The molecule has 1 aromatic carbocycles. The third-order valence-electron chi connectivity index (χ3n) is 4.98. The molecule has 3 aromatic rings. The number of nitrogens with zero attached hydrogens (tertiary/aromatic N) is 3. The van der Waals surface area contributed by atoms with Gasteiger partial charge in [-0.3, -0.25) is 9.89 Å². The van der Waals surface area contributed by atoms with E-state index in [-0.39, 0.29) is 17.6 Å². The minimum Gasteiger partial charge on any atom is -0.337 e. The molecule has 0 aliphatic carbocycles. The SMILES string of the molecule is Cc1nc(C)c(C(=O)N2CCC[C@H](c3cc(-c4ccc(F)cc4)n[nH]3)C2)s1. The maximum Gasteiger partial charge on any atom is 0.265 e. The van der Waals surface area contributed by atoms with Gasteiger partial charge >= 0.3 is 0 Å². The summed E-state index contributed by atoms with van der Waals surface area (Å²) < 4.78 is 13.1. The van der Waals surface area contributed by atoms with Crippen LogP contribution in [0, 0.1) is 19.7 Å². The molecule has 4 rings (SSSR count). The van der Waals surface area contributed by atoms with Gasteiger partial charge in [0.05, 0.1) is 16.4 Å². The normalized spacial score (nSPS) is 17.3. The first-order valence-corrected chi connectivity index (χ1v) is 9.87. The van der Waals surface area contributed by atoms with Crippen LogP contribution in [0.5, 0.6) is 0 Å². The topological polar surface area (TPSA) is 61.9 Å². The van der Waals surface area contributed by atoms with Crippen molar-refractivity contribution in [3.05, 3.63) is 57.4 Å². The Morgan fingerprint density at radius 2 is 2.07 bits per heavy atom. The number of carbonyl (C=O) groups excluding carboxylic acids is 1. The lowest BCUT2D eigenvalue weighted by molar-refractivity contribution is 0.0710. The van der Waals surface area contributed by atoms with Gasteiger partial charge in [-0.05, 0) is 57.0 Å². The molecule has 1 fully saturated rings. The molecule has 140 valence electrons. The summed E-state index contributed by atoms with van der Waals surface area (Å²) in [5.41, 5.74) is 3.49. The Morgan fingerprint density at radius 3 is 2.78 bits per heavy atom. The van der Waals surface area contributed by atoms with E-state index in [1.807, 2.05) is 24.8 Å². The van der Waals surface area contributed by atoms with Crippen molar-refractivity contribution in [1.29, 1.82) is 0 Å². The molecule has 2 aromatic heterocycles. The van der Waals surface area contributed by atoms with E-state index in [0.717, 1.165) is 51.9 Å². The zero-order chi connectivity index (χ0) is 19.0. The van der Waals surface area contributed by atoms with Crippen LogP contribution in [-0.4, -0.2) is 39.1 Å². The molecule has 0 bridgehead atoms. The molecule has 1 aliphatic heterocycles. The second-order valence-electron chi connectivity index (χ2n) is 6.95. The molecule has 1 saturated heterocycles. The van der Waals surface area contributed by atoms with Crippen molar-refractivity contribution in [2.24, 2.45) is 0 Å². The number of hydrogen-bond acceptors (Lipinski definition) is 4. The minimum absolute atomic E-state index is 0.0704. The van der Waals surface area contributed by atoms with Crippen LogP contribution in [0.2, 0.25) is 0 Å². The minimum atomic E-state index is -0.260. The third-order valence-corrected chi connectivity index (χ3v) is 6.04. The second kappa shape index (κ2) is 7.23. The number of H-pyrrole nitrogens is 1. The largest absolute Gasteiger partial charge is 0.337 e. The molecule has 0 saturated carbocycles. The Morgan fingerprint density at radius 1 is 1.30 bits per heavy atom. The molecular weight excluding hydrogens is 363 g/mol. The first-order valence-electron chi connectivity index (χ1n) is 9.06. The summed E-state index contributed by atoms with van der Waals surface area (Å²) in [7, 11) is 0. The molecule has 1 atom stereocenters. The molecule has 7 heteroatoms. The third kappa shape index (κ3) is 3.64. The lowest BCUT2D eigenvalue weighted by atomic mass is 9.94. The number of aryl methyl sites for hydroxylation is 2. The summed E-state index contributed by atoms with van der Waals surface area (Å²) >= 11 is 1.46. The molecular formula is C20H21FN4OS. The van der Waals surface area contributed by atoms with Gasteiger partial charge in [-0.1, -0.05) is 0 Å². The van der Waals surface area contributed by atoms with E-state index >= 15 is 0 Å². The van der Waals surface area contributed by atoms with Gasteiger partial charge in [0.2, 0.25) is 0 Å². The molecule has 0 spiro atoms. The van der Waals surface area contributed by atoms with Crippen molar-refractivity contribution in [3.63, 3.8) is 0 Å². The summed E-state index contributed by atoms with van der Waals surface area (Å²) in [5.74, 6) is 0.0318. The summed E-state index contributed by atoms with van der Waals surface area (Å²) in [6.07, 6.45) is 1.97. The molecule has 1 aliphatic rings. The molecule has 3 heterocycles. The standard InChI is InChI=1S/C20H21FN4OS/c1-12-19(27-13(2)22-12)20(26)25-9-3-4-15(11-25)18-10-17(23-24-18)14-5-7-16(21)8-6-14/h5-8,10,15H,3-4,9,11H2,1-2H3,(H,23,24)/t15-/m0/s1. The quantitative estimate of drug-likeness (QED) is 0.732. The number of carbonyl (C=O) groups is 1. The van der Waals surface area contributed by atoms with E-state index in [4.69, 9.17) is 0 Å². The van der Waals surface area contributed by atoms with E-state index in [2.05, 4.69) is 15.2 Å². The Balaban J connectivity index is 1.51. The number of thiazole rings is 1. The first kappa shape index (κ1) is 17.9. The fourth-order valence-electron chi connectivity index (χ4n) is 3.60. The molecule has 5 nitrogen and oxygen atoms in total. The Kier molecular flexibility index (Phi) is 4.78. The molecule has 0 radical (unpaired) electrons. The Hall–Kier alpha value is -2.54. The lowest BCUT2D eigenvalue weighted by Gasteiger charge is -2.32. The van der Waals surface area contributed by atoms with Crippen LogP contribution < -0.4 is 0 Å². The number of halogens is 1. The summed E-state index contributed by atoms with van der Waals surface area (Å²) in [6.45, 7) is 5.25. The highest BCUT2D eigenvalue weighted by atomic mass is 32.1. The Labute approximate surface area is 161 Å². The van der Waals surface area contributed by atoms with Crippen LogP contribution in [0.1, 0.15) is 44.8 Å². The van der Waals surface area contributed by atoms with Crippen molar-refractivity contribution >= 4 is 17.2 Å². The van der Waals surface area contributed by atoms with Gasteiger partial charge in [-0.15, -0.1) is 11.3 Å². The molecule has 0 unspecified atom stereocenters. The fraction of sp³-hybridized carbons (Fsp3) is 0.350. The highest BCUT2D eigenvalue weighted by Crippen LogP contribution is 2.30. The monoisotopic (exact) mass is 384 g/mol. The van der Waals surface area contributed by atoms with Crippen LogP contribution in [0.25, 0.3) is 11.3 Å². The zero-order valence-corrected chi connectivity index (χ0v) is 16.1. The summed E-state index contributed by atoms with van der Waals surface area (Å²) in [5, 5.41) is 8.41. The highest BCUT2D eigenvalue weighted by Gasteiger charge is 2.28. The number of hydrogen-bond donors (Lipinski definition) is 1. The maximum absolute atomic E-state index is 13.1. The van der Waals surface area contributed by atoms with E-state index in [1.54, 1.807) is 12.1 Å². The van der Waals surface area contributed by atoms with E-state index in [1.165, 1.54) is 23.5 Å². The predicted octanol–water partition coefficient (Wildman–Crippen LogP) is 4.31. The summed E-state index contributed by atoms with van der Waals surface area (Å²) in [6, 6.07) is 8.32. The zero-order valence-electron chi connectivity index (χ0n) is 15.3. The highest BCUT2D eigenvalue weighted by molar-refractivity contribution is 7.13. The van der Waals surface area contributed by atoms with Crippen molar-refractivity contribution in [2.45, 2.75) is 32.6 Å². The van der Waals surface area contributed by atoms with E-state index < -0.39 is 0 Å². The molecule has 1 amide bonds. The number of likely N-dealkylation sites (tertiary alicyclic amines) is 1. The van der Waals surface area contributed by atoms with Crippen molar-refractivity contribution < 1.29 is 9.18 Å². The maximum atomic E-state index is 13.1. The van der Waals surface area contributed by atoms with Crippen LogP contribution in [0.4, 0.5) is 4.39 Å². The average Bonchev–Trinajstić information content (AvgIpc) is 3.28. The van der Waals surface area contributed by atoms with Gasteiger partial charge in [-0.2, -0.15) is 5.10 Å². The fourth-order valence-corrected chi connectivity index (χ4v) is 4.49. The predicted molar refractivity (Wildman–Crippen MR) is 103 cm³/mol. The number of rotatable bonds is 3. The van der Waals surface area contributed by atoms with Gasteiger partial charge < -0.3 is 4.90 Å². The van der Waals surface area contributed by atoms with Crippen molar-refractivity contribution in [2.75, 3.05) is 13.1 Å². The van der Waals surface area contributed by atoms with E-state index in [0.29, 0.717) is 6.54 Å². The number of aromatic amines is 1. The van der Waals surface area contributed by atoms with Crippen LogP contribution in [0.3, 0.4) is 0 Å². The smallest absolute Gasteiger partial charge is 0.265 e. The van der Waals surface area contributed by atoms with Crippen molar-refractivity contribution in [3.8, 4) is 11.3 Å². The number of benzene rings is 1. The number of amides is 1. The Bertz CT molecular complexity index is 963. The molecule has 27 heavy (non-hydrogen) atoms. The lowest BCUT2D eigenvalue weighted by Crippen LogP contribution is -2.39. The van der Waals surface area contributed by atoms with Gasteiger partial charge in [0.15, 0.2) is 0 Å². The van der Waals surface area contributed by atoms with Crippen LogP contribution in [-0.2, 0) is 0 Å². The number of nitrogens with one attached hydrogen (secondary N) is 1. The average molecular weight is 384 g/mol. The van der Waals surface area contributed by atoms with Gasteiger partial charge in [0, 0.05) is 30.3 Å². The van der Waals surface area contributed by atoms with Crippen LogP contribution in [0.15, 0.2) is 30.3 Å². The van der Waals surface area contributed by atoms with Gasteiger partial charge in [0.25, 0.3) is 5.91 Å². The van der Waals surface area contributed by atoms with Gasteiger partial charge in [0.1, 0.15) is 10.7 Å².